The number of hydrogen-bond acceptors (Lipinski definition) is 1. The van der Waals surface area contributed by atoms with E-state index < -0.39 is 0 Å². The van der Waals surface area contributed by atoms with Gasteiger partial charge in [-0.2, -0.15) is 0 Å². The van der Waals surface area contributed by atoms with E-state index in [4.69, 9.17) is 0 Å². The van der Waals surface area contributed by atoms with Crippen LogP contribution in [0.1, 0.15) is 6.42 Å². The summed E-state index contributed by atoms with van der Waals surface area (Å²) in [5.74, 6) is 0.644. The highest BCUT2D eigenvalue weighted by atomic mass is 35.5. The molecule has 0 saturated carbocycles. The van der Waals surface area contributed by atoms with Gasteiger partial charge in [0, 0.05) is 0 Å². The predicted octanol–water partition coefficient (Wildman–Crippen LogP) is 0.987. The molecular formula is C5H11ClFN. The molecule has 0 aromatic carbocycles. The fraction of sp³-hybridized carbons (Fsp3) is 1.00. The SMILES string of the molecule is Cl.FCCC1CNC1. The van der Waals surface area contributed by atoms with Crippen LogP contribution in [0.25, 0.3) is 0 Å². The Hall–Kier alpha value is 0.180. The quantitative estimate of drug-likeness (QED) is 0.602. The lowest BCUT2D eigenvalue weighted by Gasteiger charge is -2.25. The topological polar surface area (TPSA) is 12.0 Å². The summed E-state index contributed by atoms with van der Waals surface area (Å²) in [5, 5.41) is 3.08. The summed E-state index contributed by atoms with van der Waals surface area (Å²) in [6, 6.07) is 0. The molecule has 0 aromatic heterocycles. The fourth-order valence-electron chi connectivity index (χ4n) is 0.707. The summed E-state index contributed by atoms with van der Waals surface area (Å²) >= 11 is 0. The summed E-state index contributed by atoms with van der Waals surface area (Å²) in [4.78, 5) is 0. The van der Waals surface area contributed by atoms with E-state index in [1.54, 1.807) is 0 Å². The van der Waals surface area contributed by atoms with E-state index in [0.29, 0.717) is 5.92 Å². The van der Waals surface area contributed by atoms with Crippen LogP contribution in [0.2, 0.25) is 0 Å². The van der Waals surface area contributed by atoms with Gasteiger partial charge in [-0.05, 0) is 25.4 Å². The van der Waals surface area contributed by atoms with Gasteiger partial charge in [0.25, 0.3) is 0 Å². The van der Waals surface area contributed by atoms with Crippen molar-refractivity contribution in [1.82, 2.24) is 5.32 Å². The maximum absolute atomic E-state index is 11.4. The van der Waals surface area contributed by atoms with Gasteiger partial charge in [-0.1, -0.05) is 0 Å². The summed E-state index contributed by atoms with van der Waals surface area (Å²) in [6.07, 6.45) is 0.757. The molecule has 0 spiro atoms. The fourth-order valence-corrected chi connectivity index (χ4v) is 0.707. The second-order valence-electron chi connectivity index (χ2n) is 2.00. The first-order valence-electron chi connectivity index (χ1n) is 2.70. The Morgan fingerprint density at radius 2 is 2.12 bits per heavy atom. The van der Waals surface area contributed by atoms with Gasteiger partial charge in [0.2, 0.25) is 0 Å². The molecule has 50 valence electrons. The molecule has 1 N–H and O–H groups in total. The third-order valence-corrected chi connectivity index (χ3v) is 1.38. The van der Waals surface area contributed by atoms with Crippen molar-refractivity contribution in [2.24, 2.45) is 5.92 Å². The molecular weight excluding hydrogens is 129 g/mol. The molecule has 0 radical (unpaired) electrons. The normalized spacial score (nSPS) is 19.1. The van der Waals surface area contributed by atoms with E-state index in [-0.39, 0.29) is 19.1 Å². The van der Waals surface area contributed by atoms with Gasteiger partial charge in [0.15, 0.2) is 0 Å². The Labute approximate surface area is 55.1 Å². The van der Waals surface area contributed by atoms with Crippen molar-refractivity contribution in [2.75, 3.05) is 19.8 Å². The second kappa shape index (κ2) is 4.10. The van der Waals surface area contributed by atoms with E-state index in [9.17, 15) is 4.39 Å². The molecule has 1 aliphatic heterocycles. The molecule has 1 heterocycles. The molecule has 1 rings (SSSR count). The zero-order valence-electron chi connectivity index (χ0n) is 4.69. The second-order valence-corrected chi connectivity index (χ2v) is 2.00. The molecule has 3 heteroatoms. The van der Waals surface area contributed by atoms with Gasteiger partial charge in [0.1, 0.15) is 0 Å². The van der Waals surface area contributed by atoms with Gasteiger partial charge < -0.3 is 5.32 Å². The Morgan fingerprint density at radius 3 is 2.25 bits per heavy atom. The van der Waals surface area contributed by atoms with Crippen molar-refractivity contribution in [1.29, 1.82) is 0 Å². The van der Waals surface area contributed by atoms with Gasteiger partial charge in [-0.3, -0.25) is 4.39 Å². The molecule has 0 amide bonds. The van der Waals surface area contributed by atoms with Crippen LogP contribution >= 0.6 is 12.4 Å². The van der Waals surface area contributed by atoms with Crippen LogP contribution in [0.4, 0.5) is 4.39 Å². The highest BCUT2D eigenvalue weighted by molar-refractivity contribution is 5.85. The number of rotatable bonds is 2. The minimum absolute atomic E-state index is 0. The third kappa shape index (κ3) is 1.97. The molecule has 0 aliphatic carbocycles. The van der Waals surface area contributed by atoms with E-state index >= 15 is 0 Å². The van der Waals surface area contributed by atoms with Crippen molar-refractivity contribution < 1.29 is 4.39 Å². The molecule has 0 atom stereocenters. The first kappa shape index (κ1) is 8.18. The summed E-state index contributed by atoms with van der Waals surface area (Å²) in [6.45, 7) is 1.92. The first-order chi connectivity index (χ1) is 3.43. The summed E-state index contributed by atoms with van der Waals surface area (Å²) in [7, 11) is 0. The van der Waals surface area contributed by atoms with Crippen LogP contribution in [-0.2, 0) is 0 Å². The number of alkyl halides is 1. The Kier molecular flexibility index (Phi) is 4.19. The number of halogens is 2. The van der Waals surface area contributed by atoms with Crippen molar-refractivity contribution in [3.63, 3.8) is 0 Å². The average molecular weight is 140 g/mol. The lowest BCUT2D eigenvalue weighted by molar-refractivity contribution is 0.292. The molecule has 0 aromatic rings. The molecule has 1 nitrogen and oxygen atoms in total. The molecule has 0 unspecified atom stereocenters. The first-order valence-corrected chi connectivity index (χ1v) is 2.70. The highest BCUT2D eigenvalue weighted by Crippen LogP contribution is 2.06. The van der Waals surface area contributed by atoms with Crippen LogP contribution in [0.3, 0.4) is 0 Å². The molecule has 8 heavy (non-hydrogen) atoms. The van der Waals surface area contributed by atoms with E-state index in [1.165, 1.54) is 0 Å². The van der Waals surface area contributed by atoms with E-state index in [2.05, 4.69) is 5.32 Å². The smallest absolute Gasteiger partial charge is 0.0898 e. The molecule has 1 aliphatic rings. The molecule has 1 fully saturated rings. The third-order valence-electron chi connectivity index (χ3n) is 1.38. The maximum atomic E-state index is 11.4. The Bertz CT molecular complexity index is 56.4. The molecule has 1 saturated heterocycles. The van der Waals surface area contributed by atoms with E-state index in [1.807, 2.05) is 0 Å². The Morgan fingerprint density at radius 1 is 1.50 bits per heavy atom. The van der Waals surface area contributed by atoms with Gasteiger partial charge >= 0.3 is 0 Å². The molecule has 0 bridgehead atoms. The standard InChI is InChI=1S/C5H10FN.ClH/c6-2-1-5-3-7-4-5;/h5,7H,1-4H2;1H. The van der Waals surface area contributed by atoms with Gasteiger partial charge in [0.05, 0.1) is 6.67 Å². The van der Waals surface area contributed by atoms with Crippen LogP contribution in [0.15, 0.2) is 0 Å². The van der Waals surface area contributed by atoms with Crippen LogP contribution in [-0.4, -0.2) is 19.8 Å². The zero-order chi connectivity index (χ0) is 5.11. The summed E-state index contributed by atoms with van der Waals surface area (Å²) < 4.78 is 11.4. The summed E-state index contributed by atoms with van der Waals surface area (Å²) in [5.41, 5.74) is 0. The minimum Gasteiger partial charge on any atom is -0.316 e. The Balaban J connectivity index is 0.000000490. The van der Waals surface area contributed by atoms with Crippen LogP contribution in [0.5, 0.6) is 0 Å². The lowest BCUT2D eigenvalue weighted by Crippen LogP contribution is -2.42. The van der Waals surface area contributed by atoms with Crippen molar-refractivity contribution in [3.8, 4) is 0 Å². The van der Waals surface area contributed by atoms with E-state index in [0.717, 1.165) is 19.5 Å². The monoisotopic (exact) mass is 139 g/mol. The maximum Gasteiger partial charge on any atom is 0.0898 e. The lowest BCUT2D eigenvalue weighted by atomic mass is 10.0. The van der Waals surface area contributed by atoms with Crippen LogP contribution < -0.4 is 5.32 Å². The highest BCUT2D eigenvalue weighted by Gasteiger charge is 2.14. The van der Waals surface area contributed by atoms with Gasteiger partial charge in [-0.25, -0.2) is 0 Å². The number of hydrogen-bond donors (Lipinski definition) is 1. The van der Waals surface area contributed by atoms with Gasteiger partial charge in [-0.15, -0.1) is 12.4 Å². The average Bonchev–Trinajstić information content (AvgIpc) is 1.55. The van der Waals surface area contributed by atoms with Crippen molar-refractivity contribution in [3.05, 3.63) is 0 Å². The minimum atomic E-state index is -0.146. The van der Waals surface area contributed by atoms with Crippen molar-refractivity contribution in [2.45, 2.75) is 6.42 Å². The zero-order valence-corrected chi connectivity index (χ0v) is 5.51. The van der Waals surface area contributed by atoms with Crippen molar-refractivity contribution >= 4 is 12.4 Å². The largest absolute Gasteiger partial charge is 0.316 e. The predicted molar refractivity (Wildman–Crippen MR) is 34.2 cm³/mol. The number of nitrogens with one attached hydrogen (secondary N) is 1. The van der Waals surface area contributed by atoms with Crippen LogP contribution in [0, 0.1) is 5.92 Å².